The zero-order valence-electron chi connectivity index (χ0n) is 14.6. The molecule has 1 aliphatic heterocycles. The summed E-state index contributed by atoms with van der Waals surface area (Å²) >= 11 is 0. The topological polar surface area (TPSA) is 59.6 Å². The fourth-order valence-electron chi connectivity index (χ4n) is 3.65. The van der Waals surface area contributed by atoms with E-state index in [0.29, 0.717) is 5.92 Å². The van der Waals surface area contributed by atoms with Gasteiger partial charge in [-0.15, -0.1) is 0 Å². The molecule has 3 aromatic rings. The molecule has 1 fully saturated rings. The van der Waals surface area contributed by atoms with Crippen molar-refractivity contribution in [1.29, 1.82) is 0 Å². The Bertz CT molecular complexity index is 953. The predicted octanol–water partition coefficient (Wildman–Crippen LogP) is 1.98. The first-order chi connectivity index (χ1) is 12.7. The van der Waals surface area contributed by atoms with E-state index >= 15 is 0 Å². The summed E-state index contributed by atoms with van der Waals surface area (Å²) in [5.41, 5.74) is 1.81. The summed E-state index contributed by atoms with van der Waals surface area (Å²) in [5.74, 6) is 0.572. The summed E-state index contributed by atoms with van der Waals surface area (Å²) in [4.78, 5) is 26.8. The van der Waals surface area contributed by atoms with Gasteiger partial charge in [-0.05, 0) is 42.9 Å². The van der Waals surface area contributed by atoms with E-state index in [1.807, 2.05) is 17.0 Å². The van der Waals surface area contributed by atoms with Gasteiger partial charge >= 0.3 is 5.69 Å². The summed E-state index contributed by atoms with van der Waals surface area (Å²) in [5, 5.41) is 4.12. The smallest absolute Gasteiger partial charge is 0.341 e. The van der Waals surface area contributed by atoms with Crippen LogP contribution in [0.2, 0.25) is 0 Å². The molecule has 134 valence electrons. The van der Waals surface area contributed by atoms with E-state index < -0.39 is 0 Å². The molecule has 0 unspecified atom stereocenters. The van der Waals surface area contributed by atoms with E-state index in [2.05, 4.69) is 29.4 Å². The fraction of sp³-hybridized carbons (Fsp3) is 0.350. The van der Waals surface area contributed by atoms with Crippen LogP contribution in [0.1, 0.15) is 18.4 Å². The minimum absolute atomic E-state index is 0.00367. The maximum atomic E-state index is 12.6. The van der Waals surface area contributed by atoms with Crippen molar-refractivity contribution in [2.45, 2.75) is 25.8 Å². The second-order valence-electron chi connectivity index (χ2n) is 6.90. The predicted molar refractivity (Wildman–Crippen MR) is 98.9 cm³/mol. The van der Waals surface area contributed by atoms with Crippen LogP contribution in [0.4, 0.5) is 0 Å². The monoisotopic (exact) mass is 350 g/mol. The molecule has 0 N–H and O–H groups in total. The molecule has 1 aromatic carbocycles. The number of fused-ring (bicyclic) bond motifs is 1. The average Bonchev–Trinajstić information content (AvgIpc) is 3.15. The fourth-order valence-corrected chi connectivity index (χ4v) is 3.65. The van der Waals surface area contributed by atoms with Gasteiger partial charge in [-0.2, -0.15) is 5.10 Å². The molecular formula is C20H22N4O2. The van der Waals surface area contributed by atoms with Gasteiger partial charge in [-0.25, -0.2) is 9.48 Å². The lowest BCUT2D eigenvalue weighted by atomic mass is 9.90. The van der Waals surface area contributed by atoms with Crippen molar-refractivity contribution in [2.75, 3.05) is 13.1 Å². The van der Waals surface area contributed by atoms with Gasteiger partial charge in [0.15, 0.2) is 0 Å². The Labute approximate surface area is 151 Å². The van der Waals surface area contributed by atoms with Crippen molar-refractivity contribution in [3.63, 3.8) is 0 Å². The molecule has 0 spiro atoms. The zero-order valence-corrected chi connectivity index (χ0v) is 14.6. The average molecular weight is 350 g/mol. The van der Waals surface area contributed by atoms with Gasteiger partial charge in [0.05, 0.1) is 11.7 Å². The molecule has 6 nitrogen and oxygen atoms in total. The quantitative estimate of drug-likeness (QED) is 0.723. The van der Waals surface area contributed by atoms with E-state index in [-0.39, 0.29) is 18.1 Å². The summed E-state index contributed by atoms with van der Waals surface area (Å²) in [6, 6.07) is 14.1. The highest BCUT2D eigenvalue weighted by Gasteiger charge is 2.23. The summed E-state index contributed by atoms with van der Waals surface area (Å²) in [6.45, 7) is 1.49. The van der Waals surface area contributed by atoms with E-state index in [1.54, 1.807) is 18.5 Å². The molecule has 0 saturated carbocycles. The zero-order chi connectivity index (χ0) is 17.9. The van der Waals surface area contributed by atoms with Crippen LogP contribution in [0.25, 0.3) is 5.52 Å². The lowest BCUT2D eigenvalue weighted by molar-refractivity contribution is -0.133. The number of amides is 1. The standard InChI is InChI=1S/C20H22N4O2/c25-19(15-24-20(26)23-10-4-7-18(23)14-21-24)22-11-8-17(9-12-22)13-16-5-2-1-3-6-16/h1-7,10,14,17H,8-9,11-13,15H2. The normalized spacial score (nSPS) is 15.5. The van der Waals surface area contributed by atoms with E-state index in [1.165, 1.54) is 14.6 Å². The minimum atomic E-state index is -0.278. The number of rotatable bonds is 4. The van der Waals surface area contributed by atoms with Crippen LogP contribution in [0.15, 0.2) is 59.7 Å². The number of hydrogen-bond donors (Lipinski definition) is 0. The maximum absolute atomic E-state index is 12.6. The maximum Gasteiger partial charge on any atom is 0.349 e. The van der Waals surface area contributed by atoms with Gasteiger partial charge in [0, 0.05) is 19.3 Å². The number of hydrogen-bond acceptors (Lipinski definition) is 3. The highest BCUT2D eigenvalue weighted by molar-refractivity contribution is 5.76. The molecule has 0 atom stereocenters. The van der Waals surface area contributed by atoms with Gasteiger partial charge in [-0.1, -0.05) is 30.3 Å². The van der Waals surface area contributed by atoms with Gasteiger partial charge in [0.2, 0.25) is 5.91 Å². The largest absolute Gasteiger partial charge is 0.349 e. The highest BCUT2D eigenvalue weighted by Crippen LogP contribution is 2.21. The van der Waals surface area contributed by atoms with Crippen molar-refractivity contribution < 1.29 is 4.79 Å². The number of aromatic nitrogens is 3. The Morgan fingerprint density at radius 1 is 1.08 bits per heavy atom. The Balaban J connectivity index is 1.36. The lowest BCUT2D eigenvalue weighted by Crippen LogP contribution is -2.43. The molecule has 1 saturated heterocycles. The lowest BCUT2D eigenvalue weighted by Gasteiger charge is -2.32. The van der Waals surface area contributed by atoms with Crippen LogP contribution in [0, 0.1) is 5.92 Å². The molecule has 0 aliphatic carbocycles. The van der Waals surface area contributed by atoms with Gasteiger partial charge in [0.1, 0.15) is 6.54 Å². The first-order valence-corrected chi connectivity index (χ1v) is 9.05. The molecule has 0 bridgehead atoms. The van der Waals surface area contributed by atoms with Crippen molar-refractivity contribution >= 4 is 11.4 Å². The highest BCUT2D eigenvalue weighted by atomic mass is 16.2. The van der Waals surface area contributed by atoms with Gasteiger partial charge in [0.25, 0.3) is 0 Å². The third kappa shape index (κ3) is 3.40. The van der Waals surface area contributed by atoms with Crippen molar-refractivity contribution in [1.82, 2.24) is 19.1 Å². The number of nitrogens with zero attached hydrogens (tertiary/aromatic N) is 4. The molecule has 26 heavy (non-hydrogen) atoms. The van der Waals surface area contributed by atoms with Crippen LogP contribution in [-0.2, 0) is 17.8 Å². The first kappa shape index (κ1) is 16.6. The van der Waals surface area contributed by atoms with Crippen molar-refractivity contribution in [3.05, 3.63) is 70.9 Å². The third-order valence-electron chi connectivity index (χ3n) is 5.16. The van der Waals surface area contributed by atoms with Crippen molar-refractivity contribution in [2.24, 2.45) is 5.92 Å². The molecule has 3 heterocycles. The number of carbonyl (C=O) groups excluding carboxylic acids is 1. The van der Waals surface area contributed by atoms with Crippen LogP contribution in [-0.4, -0.2) is 38.1 Å². The number of likely N-dealkylation sites (tertiary alicyclic amines) is 1. The molecule has 0 radical (unpaired) electrons. The van der Waals surface area contributed by atoms with Crippen LogP contribution in [0.5, 0.6) is 0 Å². The SMILES string of the molecule is O=C(Cn1ncc2cccn2c1=O)N1CCC(Cc2ccccc2)CC1. The molecular weight excluding hydrogens is 328 g/mol. The van der Waals surface area contributed by atoms with E-state index in [9.17, 15) is 9.59 Å². The second kappa shape index (κ2) is 7.15. The first-order valence-electron chi connectivity index (χ1n) is 9.05. The Morgan fingerprint density at radius 3 is 2.62 bits per heavy atom. The summed E-state index contributed by atoms with van der Waals surface area (Å²) in [7, 11) is 0. The van der Waals surface area contributed by atoms with Crippen LogP contribution >= 0.6 is 0 Å². The third-order valence-corrected chi connectivity index (χ3v) is 5.16. The van der Waals surface area contributed by atoms with E-state index in [4.69, 9.17) is 0 Å². The number of piperidine rings is 1. The molecule has 4 rings (SSSR count). The van der Waals surface area contributed by atoms with Crippen LogP contribution in [0.3, 0.4) is 0 Å². The number of benzene rings is 1. The second-order valence-corrected chi connectivity index (χ2v) is 6.90. The summed E-state index contributed by atoms with van der Waals surface area (Å²) < 4.78 is 2.75. The molecule has 6 heteroatoms. The van der Waals surface area contributed by atoms with Crippen molar-refractivity contribution in [3.8, 4) is 0 Å². The minimum Gasteiger partial charge on any atom is -0.341 e. The summed E-state index contributed by atoms with van der Waals surface area (Å²) in [6.07, 6.45) is 6.36. The Hall–Kier alpha value is -2.89. The number of carbonyl (C=O) groups is 1. The van der Waals surface area contributed by atoms with Gasteiger partial charge in [-0.3, -0.25) is 9.20 Å². The Morgan fingerprint density at radius 2 is 1.85 bits per heavy atom. The van der Waals surface area contributed by atoms with E-state index in [0.717, 1.165) is 37.9 Å². The molecule has 1 amide bonds. The molecule has 1 aliphatic rings. The van der Waals surface area contributed by atoms with Gasteiger partial charge < -0.3 is 4.90 Å². The molecule has 2 aromatic heterocycles. The Kier molecular flexibility index (Phi) is 4.56. The van der Waals surface area contributed by atoms with Crippen LogP contribution < -0.4 is 5.69 Å².